The fourth-order valence-corrected chi connectivity index (χ4v) is 1.42. The first-order chi connectivity index (χ1) is 6.87. The van der Waals surface area contributed by atoms with Crippen LogP contribution in [-0.2, 0) is 4.74 Å². The predicted molar refractivity (Wildman–Crippen MR) is 61.0 cm³/mol. The molecule has 1 aliphatic rings. The van der Waals surface area contributed by atoms with Gasteiger partial charge in [-0.25, -0.2) is 4.79 Å². The summed E-state index contributed by atoms with van der Waals surface area (Å²) in [6.45, 7) is 5.54. The van der Waals surface area contributed by atoms with Crippen LogP contribution in [0, 0.1) is 0 Å². The van der Waals surface area contributed by atoms with Crippen LogP contribution >= 0.6 is 0 Å². The lowest BCUT2D eigenvalue weighted by Gasteiger charge is -2.24. The summed E-state index contributed by atoms with van der Waals surface area (Å²) in [5.74, 6) is 0.127. The molecule has 2 atom stereocenters. The maximum absolute atomic E-state index is 11.4. The van der Waals surface area contributed by atoms with Gasteiger partial charge in [0.2, 0.25) is 0 Å². The summed E-state index contributed by atoms with van der Waals surface area (Å²) < 4.78 is 5.15. The molecule has 0 heterocycles. The molecule has 0 fully saturated rings. The molecule has 1 rings (SSSR count). The number of ether oxygens (including phenoxy) is 1. The topological polar surface area (TPSA) is 38.3 Å². The molecule has 0 aromatic carbocycles. The predicted octanol–water partition coefficient (Wildman–Crippen LogP) is 2.19. The molecule has 0 spiro atoms. The summed E-state index contributed by atoms with van der Waals surface area (Å²) in [5.41, 5.74) is -0.446. The number of hydrogen-bond donors (Lipinski definition) is 1. The molecule has 1 aliphatic carbocycles. The van der Waals surface area contributed by atoms with E-state index in [1.165, 1.54) is 0 Å². The van der Waals surface area contributed by atoms with Gasteiger partial charge in [-0.15, -0.1) is 0 Å². The van der Waals surface area contributed by atoms with E-state index in [1.807, 2.05) is 32.9 Å². The Labute approximate surface area is 92.7 Å². The number of rotatable bonds is 1. The summed E-state index contributed by atoms with van der Waals surface area (Å²) in [7, 11) is 5.70. The van der Waals surface area contributed by atoms with Crippen molar-refractivity contribution in [3.8, 4) is 0 Å². The van der Waals surface area contributed by atoms with Gasteiger partial charge in [0.15, 0.2) is 0 Å². The summed E-state index contributed by atoms with van der Waals surface area (Å²) >= 11 is 0. The average Bonchev–Trinajstić information content (AvgIpc) is 2.05. The molecular weight excluding hydrogens is 189 g/mol. The van der Waals surface area contributed by atoms with E-state index >= 15 is 0 Å². The molecule has 0 aliphatic heterocycles. The fraction of sp³-hybridized carbons (Fsp3) is 0.727. The van der Waals surface area contributed by atoms with Gasteiger partial charge >= 0.3 is 6.09 Å². The van der Waals surface area contributed by atoms with Gasteiger partial charge < -0.3 is 10.1 Å². The molecule has 0 bridgehead atoms. The Morgan fingerprint density at radius 3 is 2.53 bits per heavy atom. The number of alkyl carbamates (subject to hydrolysis) is 1. The molecule has 2 unspecified atom stereocenters. The molecule has 15 heavy (non-hydrogen) atoms. The number of nitrogens with one attached hydrogen (secondary N) is 1. The van der Waals surface area contributed by atoms with E-state index in [2.05, 4.69) is 5.32 Å². The highest BCUT2D eigenvalue weighted by Crippen LogP contribution is 2.19. The van der Waals surface area contributed by atoms with Crippen molar-refractivity contribution in [2.45, 2.75) is 51.1 Å². The van der Waals surface area contributed by atoms with E-state index in [-0.39, 0.29) is 18.0 Å². The molecule has 1 amide bonds. The Morgan fingerprint density at radius 1 is 1.40 bits per heavy atom. The van der Waals surface area contributed by atoms with Crippen molar-refractivity contribution in [2.75, 3.05) is 0 Å². The lowest BCUT2D eigenvalue weighted by molar-refractivity contribution is 0.0511. The normalized spacial score (nSPS) is 26.1. The molecule has 0 saturated heterocycles. The Bertz CT molecular complexity index is 258. The van der Waals surface area contributed by atoms with Crippen LogP contribution in [0.2, 0.25) is 5.82 Å². The standard InChI is InChI=1S/C11H18BNO2/c1-11(2,3)15-10(14)13-9-6-4-8(12)5-7-9/h4,6,8-9H,5,7H2,1-3H3,(H,13,14). The zero-order chi connectivity index (χ0) is 11.5. The maximum Gasteiger partial charge on any atom is 0.408 e. The first kappa shape index (κ1) is 12.1. The minimum atomic E-state index is -0.446. The number of carbonyl (C=O) groups is 1. The van der Waals surface area contributed by atoms with Crippen LogP contribution < -0.4 is 5.32 Å². The van der Waals surface area contributed by atoms with E-state index in [0.29, 0.717) is 0 Å². The zero-order valence-electron chi connectivity index (χ0n) is 9.62. The number of hydrogen-bond acceptors (Lipinski definition) is 2. The molecule has 1 N–H and O–H groups in total. The van der Waals surface area contributed by atoms with Gasteiger partial charge in [0, 0.05) is 0 Å². The SMILES string of the molecule is [B]C1C=CC(NC(=O)OC(C)(C)C)CC1. The average molecular weight is 207 g/mol. The molecule has 3 nitrogen and oxygen atoms in total. The van der Waals surface area contributed by atoms with Crippen LogP contribution in [0.15, 0.2) is 12.2 Å². The lowest BCUT2D eigenvalue weighted by Crippen LogP contribution is -2.39. The van der Waals surface area contributed by atoms with Crippen molar-refractivity contribution in [3.05, 3.63) is 12.2 Å². The van der Waals surface area contributed by atoms with E-state index in [0.717, 1.165) is 12.8 Å². The first-order valence-corrected chi connectivity index (χ1v) is 5.30. The van der Waals surface area contributed by atoms with Crippen molar-refractivity contribution in [2.24, 2.45) is 0 Å². The summed E-state index contributed by atoms with van der Waals surface area (Å²) in [5, 5.41) is 2.79. The van der Waals surface area contributed by atoms with Gasteiger partial charge in [-0.05, 0) is 27.2 Å². The van der Waals surface area contributed by atoms with Crippen LogP contribution in [0.25, 0.3) is 0 Å². The van der Waals surface area contributed by atoms with Gasteiger partial charge in [0.1, 0.15) is 5.60 Å². The minimum absolute atomic E-state index is 0.0552. The second kappa shape index (κ2) is 4.73. The fourth-order valence-electron chi connectivity index (χ4n) is 1.42. The van der Waals surface area contributed by atoms with Crippen LogP contribution in [0.5, 0.6) is 0 Å². The highest BCUT2D eigenvalue weighted by molar-refractivity contribution is 6.12. The van der Waals surface area contributed by atoms with Gasteiger partial charge in [0.05, 0.1) is 13.9 Å². The van der Waals surface area contributed by atoms with Gasteiger partial charge in [-0.2, -0.15) is 0 Å². The molecule has 0 saturated carbocycles. The molecule has 82 valence electrons. The molecule has 0 aromatic heterocycles. The van der Waals surface area contributed by atoms with E-state index in [1.54, 1.807) is 0 Å². The maximum atomic E-state index is 11.4. The molecule has 4 heteroatoms. The third kappa shape index (κ3) is 4.91. The van der Waals surface area contributed by atoms with Crippen LogP contribution in [-0.4, -0.2) is 25.6 Å². The lowest BCUT2D eigenvalue weighted by atomic mass is 9.79. The Kier molecular flexibility index (Phi) is 3.83. The summed E-state index contributed by atoms with van der Waals surface area (Å²) in [6, 6.07) is 0.0552. The zero-order valence-corrected chi connectivity index (χ0v) is 9.62. The molecule has 0 aromatic rings. The minimum Gasteiger partial charge on any atom is -0.444 e. The smallest absolute Gasteiger partial charge is 0.408 e. The number of carbonyl (C=O) groups excluding carboxylic acids is 1. The van der Waals surface area contributed by atoms with Crippen molar-refractivity contribution >= 4 is 13.9 Å². The number of allylic oxidation sites excluding steroid dienone is 1. The summed E-state index contributed by atoms with van der Waals surface area (Å²) in [4.78, 5) is 11.4. The molecular formula is C11H18BNO2. The van der Waals surface area contributed by atoms with Crippen molar-refractivity contribution in [3.63, 3.8) is 0 Å². The largest absolute Gasteiger partial charge is 0.444 e. The highest BCUT2D eigenvalue weighted by Gasteiger charge is 2.19. The quantitative estimate of drug-likeness (QED) is 0.528. The van der Waals surface area contributed by atoms with Gasteiger partial charge in [0.25, 0.3) is 0 Å². The van der Waals surface area contributed by atoms with Crippen molar-refractivity contribution in [1.29, 1.82) is 0 Å². The van der Waals surface area contributed by atoms with Gasteiger partial charge in [-0.3, -0.25) is 0 Å². The van der Waals surface area contributed by atoms with E-state index < -0.39 is 5.60 Å². The van der Waals surface area contributed by atoms with Gasteiger partial charge in [-0.1, -0.05) is 24.4 Å². The number of amides is 1. The Balaban J connectivity index is 2.36. The van der Waals surface area contributed by atoms with Crippen LogP contribution in [0.1, 0.15) is 33.6 Å². The van der Waals surface area contributed by atoms with Crippen LogP contribution in [0.4, 0.5) is 4.79 Å². The Hall–Kier alpha value is -0.925. The second-order valence-electron chi connectivity index (χ2n) is 4.88. The first-order valence-electron chi connectivity index (χ1n) is 5.30. The van der Waals surface area contributed by atoms with E-state index in [4.69, 9.17) is 12.6 Å². The van der Waals surface area contributed by atoms with E-state index in [9.17, 15) is 4.79 Å². The summed E-state index contributed by atoms with van der Waals surface area (Å²) in [6.07, 6.45) is 5.25. The third-order valence-corrected chi connectivity index (χ3v) is 2.10. The monoisotopic (exact) mass is 207 g/mol. The second-order valence-corrected chi connectivity index (χ2v) is 4.88. The van der Waals surface area contributed by atoms with Crippen molar-refractivity contribution < 1.29 is 9.53 Å². The highest BCUT2D eigenvalue weighted by atomic mass is 16.6. The van der Waals surface area contributed by atoms with Crippen LogP contribution in [0.3, 0.4) is 0 Å². The Morgan fingerprint density at radius 2 is 2.07 bits per heavy atom. The van der Waals surface area contributed by atoms with Crippen molar-refractivity contribution in [1.82, 2.24) is 5.32 Å². The third-order valence-electron chi connectivity index (χ3n) is 2.10. The molecule has 2 radical (unpaired) electrons.